The van der Waals surface area contributed by atoms with E-state index in [2.05, 4.69) is 72.2 Å². The third kappa shape index (κ3) is 1.91. The fourth-order valence-electron chi connectivity index (χ4n) is 3.18. The summed E-state index contributed by atoms with van der Waals surface area (Å²) in [6, 6.07) is 18.9. The summed E-state index contributed by atoms with van der Waals surface area (Å²) in [6.07, 6.45) is 0. The van der Waals surface area contributed by atoms with Gasteiger partial charge in [0, 0.05) is 10.8 Å². The lowest BCUT2D eigenvalue weighted by Gasteiger charge is -2.11. The largest absolute Gasteiger partial charge is 0.455 e. The zero-order valence-corrected chi connectivity index (χ0v) is 14.1. The maximum atomic E-state index is 6.04. The third-order valence-electron chi connectivity index (χ3n) is 4.30. The van der Waals surface area contributed by atoms with Crippen LogP contribution in [-0.2, 0) is 0 Å². The Balaban J connectivity index is 2.16. The molecule has 3 aromatic carbocycles. The Morgan fingerprint density at radius 1 is 0.864 bits per heavy atom. The van der Waals surface area contributed by atoms with Crippen LogP contribution in [0.3, 0.4) is 0 Å². The van der Waals surface area contributed by atoms with Crippen LogP contribution in [0.4, 0.5) is 0 Å². The van der Waals surface area contributed by atoms with Crippen molar-refractivity contribution >= 4 is 37.9 Å². The van der Waals surface area contributed by atoms with Crippen LogP contribution < -0.4 is 0 Å². The average molecular weight is 351 g/mol. The van der Waals surface area contributed by atoms with Gasteiger partial charge in [-0.15, -0.1) is 0 Å². The smallest absolute Gasteiger partial charge is 0.149 e. The maximum Gasteiger partial charge on any atom is 0.149 e. The molecule has 0 atom stereocenters. The molecule has 1 heterocycles. The number of hydrogen-bond donors (Lipinski definition) is 0. The van der Waals surface area contributed by atoms with Crippen LogP contribution in [-0.4, -0.2) is 0 Å². The summed E-state index contributed by atoms with van der Waals surface area (Å²) < 4.78 is 7.04. The molecule has 0 saturated carbocycles. The highest BCUT2D eigenvalue weighted by Crippen LogP contribution is 2.41. The van der Waals surface area contributed by atoms with E-state index >= 15 is 0 Å². The van der Waals surface area contributed by atoms with Crippen molar-refractivity contribution in [3.8, 4) is 11.1 Å². The molecular weight excluding hydrogens is 336 g/mol. The van der Waals surface area contributed by atoms with Gasteiger partial charge in [0.15, 0.2) is 0 Å². The minimum absolute atomic E-state index is 0.927. The Morgan fingerprint density at radius 3 is 2.41 bits per heavy atom. The molecule has 4 rings (SSSR count). The van der Waals surface area contributed by atoms with E-state index in [-0.39, 0.29) is 0 Å². The van der Waals surface area contributed by atoms with Crippen molar-refractivity contribution in [2.45, 2.75) is 13.8 Å². The van der Waals surface area contributed by atoms with Crippen molar-refractivity contribution in [2.75, 3.05) is 0 Å². The molecule has 0 radical (unpaired) electrons. The van der Waals surface area contributed by atoms with E-state index in [0.29, 0.717) is 0 Å². The number of halogens is 1. The quantitative estimate of drug-likeness (QED) is 0.375. The summed E-state index contributed by atoms with van der Waals surface area (Å²) in [7, 11) is 0. The van der Waals surface area contributed by atoms with E-state index in [0.717, 1.165) is 15.6 Å². The fraction of sp³-hybridized carbons (Fsp3) is 0.100. The second-order valence-electron chi connectivity index (χ2n) is 5.65. The average Bonchev–Trinajstić information content (AvgIpc) is 2.92. The molecule has 0 saturated heterocycles. The minimum Gasteiger partial charge on any atom is -0.455 e. The van der Waals surface area contributed by atoms with Gasteiger partial charge in [-0.25, -0.2) is 0 Å². The van der Waals surface area contributed by atoms with Gasteiger partial charge in [-0.1, -0.05) is 42.5 Å². The topological polar surface area (TPSA) is 13.1 Å². The Labute approximate surface area is 137 Å². The number of furan rings is 1. The highest BCUT2D eigenvalue weighted by molar-refractivity contribution is 9.10. The summed E-state index contributed by atoms with van der Waals surface area (Å²) >= 11 is 3.69. The van der Waals surface area contributed by atoms with Crippen LogP contribution in [0.2, 0.25) is 0 Å². The predicted molar refractivity (Wildman–Crippen MR) is 96.3 cm³/mol. The number of fused-ring (bicyclic) bond motifs is 3. The molecule has 0 amide bonds. The van der Waals surface area contributed by atoms with Gasteiger partial charge in [0.05, 0.1) is 4.47 Å². The molecule has 0 aliphatic carbocycles. The van der Waals surface area contributed by atoms with E-state index in [4.69, 9.17) is 4.42 Å². The number of hydrogen-bond acceptors (Lipinski definition) is 1. The molecule has 1 aromatic heterocycles. The molecule has 0 unspecified atom stereocenters. The zero-order chi connectivity index (χ0) is 15.3. The van der Waals surface area contributed by atoms with Crippen molar-refractivity contribution in [1.82, 2.24) is 0 Å². The van der Waals surface area contributed by atoms with Gasteiger partial charge in [-0.2, -0.15) is 0 Å². The molecule has 4 aromatic rings. The Morgan fingerprint density at radius 2 is 1.59 bits per heavy atom. The van der Waals surface area contributed by atoms with Gasteiger partial charge in [0.2, 0.25) is 0 Å². The monoisotopic (exact) mass is 350 g/mol. The van der Waals surface area contributed by atoms with Gasteiger partial charge < -0.3 is 4.42 Å². The number of benzene rings is 3. The maximum absolute atomic E-state index is 6.04. The third-order valence-corrected chi connectivity index (χ3v) is 4.89. The highest BCUT2D eigenvalue weighted by atomic mass is 79.9. The van der Waals surface area contributed by atoms with Crippen LogP contribution in [0.25, 0.3) is 33.1 Å². The van der Waals surface area contributed by atoms with Crippen LogP contribution >= 0.6 is 15.9 Å². The summed E-state index contributed by atoms with van der Waals surface area (Å²) in [4.78, 5) is 0. The lowest BCUT2D eigenvalue weighted by molar-refractivity contribution is 0.666. The van der Waals surface area contributed by atoms with E-state index in [1.54, 1.807) is 0 Å². The zero-order valence-electron chi connectivity index (χ0n) is 12.5. The van der Waals surface area contributed by atoms with Crippen LogP contribution in [0, 0.1) is 13.8 Å². The summed E-state index contributed by atoms with van der Waals surface area (Å²) in [5, 5.41) is 2.37. The SMILES string of the molecule is Cc1ccccc1-c1cc(Br)c2oc3ccccc3c2c1C. The van der Waals surface area contributed by atoms with Gasteiger partial charge in [0.1, 0.15) is 11.2 Å². The van der Waals surface area contributed by atoms with Crippen LogP contribution in [0.1, 0.15) is 11.1 Å². The molecule has 0 fully saturated rings. The molecular formula is C20H15BrO. The molecule has 0 bridgehead atoms. The summed E-state index contributed by atoms with van der Waals surface area (Å²) in [6.45, 7) is 4.33. The molecule has 0 aliphatic heterocycles. The first-order chi connectivity index (χ1) is 10.7. The number of para-hydroxylation sites is 1. The predicted octanol–water partition coefficient (Wildman–Crippen LogP) is 6.63. The standard InChI is InChI=1S/C20H15BrO/c1-12-7-3-4-8-14(12)16-11-17(21)20-19(13(16)2)15-9-5-6-10-18(15)22-20/h3-11H,1-2H3. The van der Waals surface area contributed by atoms with Crippen molar-refractivity contribution in [3.05, 3.63) is 70.2 Å². The van der Waals surface area contributed by atoms with E-state index in [1.807, 2.05) is 12.1 Å². The molecule has 2 heteroatoms. The van der Waals surface area contributed by atoms with E-state index in [9.17, 15) is 0 Å². The van der Waals surface area contributed by atoms with Crippen LogP contribution in [0.15, 0.2) is 63.5 Å². The van der Waals surface area contributed by atoms with E-state index < -0.39 is 0 Å². The second-order valence-corrected chi connectivity index (χ2v) is 6.50. The van der Waals surface area contributed by atoms with Gasteiger partial charge >= 0.3 is 0 Å². The Kier molecular flexibility index (Phi) is 3.08. The van der Waals surface area contributed by atoms with E-state index in [1.165, 1.54) is 33.0 Å². The minimum atomic E-state index is 0.927. The molecule has 0 aliphatic rings. The molecule has 22 heavy (non-hydrogen) atoms. The van der Waals surface area contributed by atoms with Gasteiger partial charge in [0.25, 0.3) is 0 Å². The van der Waals surface area contributed by atoms with Crippen molar-refractivity contribution < 1.29 is 4.42 Å². The lowest BCUT2D eigenvalue weighted by atomic mass is 9.94. The molecule has 0 spiro atoms. The van der Waals surface area contributed by atoms with Gasteiger partial charge in [-0.3, -0.25) is 0 Å². The number of aryl methyl sites for hydroxylation is 2. The lowest BCUT2D eigenvalue weighted by Crippen LogP contribution is -1.88. The second kappa shape index (κ2) is 4.99. The first kappa shape index (κ1) is 13.6. The first-order valence-corrected chi connectivity index (χ1v) is 8.12. The molecule has 108 valence electrons. The Bertz CT molecular complexity index is 1010. The van der Waals surface area contributed by atoms with Crippen molar-refractivity contribution in [2.24, 2.45) is 0 Å². The van der Waals surface area contributed by atoms with Crippen molar-refractivity contribution in [3.63, 3.8) is 0 Å². The van der Waals surface area contributed by atoms with Crippen LogP contribution in [0.5, 0.6) is 0 Å². The highest BCUT2D eigenvalue weighted by Gasteiger charge is 2.16. The Hall–Kier alpha value is -2.06. The van der Waals surface area contributed by atoms with Gasteiger partial charge in [-0.05, 0) is 64.2 Å². The normalized spacial score (nSPS) is 11.4. The van der Waals surface area contributed by atoms with Crippen molar-refractivity contribution in [1.29, 1.82) is 0 Å². The fourth-order valence-corrected chi connectivity index (χ4v) is 3.68. The summed E-state index contributed by atoms with van der Waals surface area (Å²) in [5.74, 6) is 0. The first-order valence-electron chi connectivity index (χ1n) is 7.33. The summed E-state index contributed by atoms with van der Waals surface area (Å²) in [5.41, 5.74) is 6.93. The molecule has 0 N–H and O–H groups in total. The number of rotatable bonds is 1. The molecule has 1 nitrogen and oxygen atoms in total.